The van der Waals surface area contributed by atoms with Gasteiger partial charge in [-0.15, -0.1) is 0 Å². The van der Waals surface area contributed by atoms with Crippen LogP contribution in [0.2, 0.25) is 0 Å². The molecule has 158 valence electrons. The third-order valence-corrected chi connectivity index (χ3v) is 4.05. The molecule has 0 unspecified atom stereocenters. The van der Waals surface area contributed by atoms with Gasteiger partial charge < -0.3 is 20.3 Å². The Bertz CT molecular complexity index is 822. The number of hydrogen-bond acceptors (Lipinski definition) is 5. The predicted octanol–water partition coefficient (Wildman–Crippen LogP) is 2.05. The highest BCUT2D eigenvalue weighted by Gasteiger charge is 2.19. The molecule has 0 saturated carbocycles. The molecule has 1 heterocycles. The van der Waals surface area contributed by atoms with Crippen molar-refractivity contribution in [3.05, 3.63) is 47.5 Å². The van der Waals surface area contributed by atoms with Gasteiger partial charge in [0.2, 0.25) is 0 Å². The quantitative estimate of drug-likeness (QED) is 0.568. The van der Waals surface area contributed by atoms with Crippen molar-refractivity contribution >= 4 is 12.1 Å². The van der Waals surface area contributed by atoms with Crippen LogP contribution in [-0.2, 0) is 31.4 Å². The maximum Gasteiger partial charge on any atom is 0.410 e. The first kappa shape index (κ1) is 22.2. The number of benzene rings is 1. The minimum atomic E-state index is -0.500. The van der Waals surface area contributed by atoms with Gasteiger partial charge in [-0.2, -0.15) is 5.10 Å². The summed E-state index contributed by atoms with van der Waals surface area (Å²) in [7, 11) is 5.31. The third-order valence-electron chi connectivity index (χ3n) is 4.05. The largest absolute Gasteiger partial charge is 0.444 e. The van der Waals surface area contributed by atoms with E-state index in [1.807, 2.05) is 52.1 Å². The van der Waals surface area contributed by atoms with E-state index in [-0.39, 0.29) is 6.09 Å². The number of amides is 1. The number of rotatable bonds is 6. The third kappa shape index (κ3) is 7.44. The maximum absolute atomic E-state index is 12.1. The Labute approximate surface area is 172 Å². The first-order chi connectivity index (χ1) is 13.7. The molecule has 0 saturated heterocycles. The Morgan fingerprint density at radius 3 is 2.34 bits per heavy atom. The molecule has 2 aromatic rings. The van der Waals surface area contributed by atoms with Gasteiger partial charge in [0, 0.05) is 34.2 Å². The first-order valence-corrected chi connectivity index (χ1v) is 9.47. The summed E-state index contributed by atoms with van der Waals surface area (Å²) in [6.45, 7) is 7.22. The number of aryl methyl sites for hydroxylation is 1. The van der Waals surface area contributed by atoms with Crippen LogP contribution < -0.4 is 10.6 Å². The van der Waals surface area contributed by atoms with Crippen molar-refractivity contribution in [2.45, 2.75) is 46.0 Å². The summed E-state index contributed by atoms with van der Waals surface area (Å²) in [5, 5.41) is 10.5. The second kappa shape index (κ2) is 9.90. The molecule has 0 aliphatic carbocycles. The summed E-state index contributed by atoms with van der Waals surface area (Å²) >= 11 is 0. The summed E-state index contributed by atoms with van der Waals surface area (Å²) < 4.78 is 7.09. The van der Waals surface area contributed by atoms with E-state index in [1.54, 1.807) is 23.7 Å². The van der Waals surface area contributed by atoms with Gasteiger partial charge in [0.05, 0.1) is 6.54 Å². The van der Waals surface area contributed by atoms with Gasteiger partial charge in [0.25, 0.3) is 0 Å². The molecule has 0 spiro atoms. The van der Waals surface area contributed by atoms with Crippen molar-refractivity contribution in [2.75, 3.05) is 14.1 Å². The van der Waals surface area contributed by atoms with Crippen molar-refractivity contribution in [1.82, 2.24) is 30.3 Å². The number of aromatic nitrogens is 3. The van der Waals surface area contributed by atoms with E-state index in [0.29, 0.717) is 25.6 Å². The van der Waals surface area contributed by atoms with Crippen molar-refractivity contribution in [3.8, 4) is 0 Å². The van der Waals surface area contributed by atoms with Crippen molar-refractivity contribution in [3.63, 3.8) is 0 Å². The van der Waals surface area contributed by atoms with Crippen LogP contribution in [0.4, 0.5) is 4.79 Å². The van der Waals surface area contributed by atoms with Gasteiger partial charge in [-0.05, 0) is 31.9 Å². The topological polar surface area (TPSA) is 96.7 Å². The molecule has 1 aromatic carbocycles. The lowest BCUT2D eigenvalue weighted by Crippen LogP contribution is -2.37. The summed E-state index contributed by atoms with van der Waals surface area (Å²) in [4.78, 5) is 22.0. The van der Waals surface area contributed by atoms with Crippen LogP contribution in [0.3, 0.4) is 0 Å². The minimum Gasteiger partial charge on any atom is -0.444 e. The van der Waals surface area contributed by atoms with Crippen LogP contribution in [0.5, 0.6) is 0 Å². The second-order valence-corrected chi connectivity index (χ2v) is 7.73. The number of nitrogens with one attached hydrogen (secondary N) is 2. The lowest BCUT2D eigenvalue weighted by molar-refractivity contribution is 0.0285. The predicted molar refractivity (Wildman–Crippen MR) is 112 cm³/mol. The van der Waals surface area contributed by atoms with Crippen LogP contribution in [0, 0.1) is 0 Å². The van der Waals surface area contributed by atoms with Crippen LogP contribution in [0.25, 0.3) is 0 Å². The summed E-state index contributed by atoms with van der Waals surface area (Å²) in [6, 6.07) is 8.07. The fourth-order valence-corrected chi connectivity index (χ4v) is 2.49. The average Bonchev–Trinajstić information content (AvgIpc) is 3.06. The van der Waals surface area contributed by atoms with E-state index < -0.39 is 5.60 Å². The van der Waals surface area contributed by atoms with Crippen LogP contribution in [0.15, 0.2) is 35.6 Å². The molecule has 9 heteroatoms. The first-order valence-electron chi connectivity index (χ1n) is 9.47. The maximum atomic E-state index is 12.1. The van der Waals surface area contributed by atoms with Crippen LogP contribution in [0.1, 0.15) is 37.7 Å². The molecule has 1 aromatic heterocycles. The fraction of sp³-hybridized carbons (Fsp3) is 0.500. The smallest absolute Gasteiger partial charge is 0.410 e. The van der Waals surface area contributed by atoms with Gasteiger partial charge in [-0.3, -0.25) is 9.67 Å². The van der Waals surface area contributed by atoms with E-state index in [0.717, 1.165) is 17.0 Å². The zero-order valence-corrected chi connectivity index (χ0v) is 18.1. The number of nitrogens with zero attached hydrogens (tertiary/aromatic N) is 5. The van der Waals surface area contributed by atoms with Crippen molar-refractivity contribution in [2.24, 2.45) is 12.0 Å². The van der Waals surface area contributed by atoms with E-state index in [2.05, 4.69) is 25.7 Å². The second-order valence-electron chi connectivity index (χ2n) is 7.73. The Kier molecular flexibility index (Phi) is 7.58. The number of aliphatic imine (C=N–C) groups is 1. The highest BCUT2D eigenvalue weighted by molar-refractivity contribution is 5.79. The Morgan fingerprint density at radius 1 is 1.17 bits per heavy atom. The Morgan fingerprint density at radius 2 is 1.79 bits per heavy atom. The number of hydrogen-bond donors (Lipinski definition) is 2. The molecule has 9 nitrogen and oxygen atoms in total. The molecule has 0 bridgehead atoms. The summed E-state index contributed by atoms with van der Waals surface area (Å²) in [5.74, 6) is 1.51. The van der Waals surface area contributed by atoms with E-state index in [4.69, 9.17) is 4.74 Å². The Hall–Kier alpha value is -3.10. The fourth-order valence-electron chi connectivity index (χ4n) is 2.49. The minimum absolute atomic E-state index is 0.332. The number of guanidine groups is 1. The van der Waals surface area contributed by atoms with E-state index in [9.17, 15) is 4.79 Å². The molecule has 29 heavy (non-hydrogen) atoms. The van der Waals surface area contributed by atoms with Gasteiger partial charge >= 0.3 is 6.09 Å². The van der Waals surface area contributed by atoms with Crippen LogP contribution in [-0.4, -0.2) is 51.4 Å². The summed E-state index contributed by atoms with van der Waals surface area (Å²) in [5.41, 5.74) is 1.64. The molecule has 0 radical (unpaired) electrons. The standard InChI is InChI=1S/C20H31N7O2/c1-20(2,3)29-19(28)26(5)13-16-9-7-15(8-10-16)11-22-18(21-4)23-12-17-24-14-25-27(17)6/h7-10,14H,11-13H2,1-6H3,(H2,21,22,23). The number of carbonyl (C=O) groups excluding carboxylic acids is 1. The molecule has 0 aliphatic heterocycles. The molecular weight excluding hydrogens is 370 g/mol. The van der Waals surface area contributed by atoms with E-state index in [1.165, 1.54) is 6.33 Å². The van der Waals surface area contributed by atoms with Gasteiger partial charge in [-0.25, -0.2) is 9.78 Å². The van der Waals surface area contributed by atoms with Gasteiger partial charge in [-0.1, -0.05) is 24.3 Å². The molecule has 2 N–H and O–H groups in total. The van der Waals surface area contributed by atoms with Crippen molar-refractivity contribution in [1.29, 1.82) is 0 Å². The summed E-state index contributed by atoms with van der Waals surface area (Å²) in [6.07, 6.45) is 1.19. The molecular formula is C20H31N7O2. The zero-order chi connectivity index (χ0) is 21.4. The Balaban J connectivity index is 1.82. The molecule has 2 rings (SSSR count). The monoisotopic (exact) mass is 401 g/mol. The molecule has 0 fully saturated rings. The highest BCUT2D eigenvalue weighted by Crippen LogP contribution is 2.12. The number of ether oxygens (including phenoxy) is 1. The zero-order valence-electron chi connectivity index (χ0n) is 18.1. The highest BCUT2D eigenvalue weighted by atomic mass is 16.6. The normalized spacial score (nSPS) is 11.9. The molecule has 0 atom stereocenters. The van der Waals surface area contributed by atoms with Gasteiger partial charge in [0.1, 0.15) is 17.8 Å². The van der Waals surface area contributed by atoms with E-state index >= 15 is 0 Å². The van der Waals surface area contributed by atoms with Crippen LogP contribution >= 0.6 is 0 Å². The van der Waals surface area contributed by atoms with Gasteiger partial charge in [0.15, 0.2) is 5.96 Å². The lowest BCUT2D eigenvalue weighted by Gasteiger charge is -2.24. The van der Waals surface area contributed by atoms with Crippen molar-refractivity contribution < 1.29 is 9.53 Å². The average molecular weight is 402 g/mol. The number of carbonyl (C=O) groups is 1. The SMILES string of the molecule is CN=C(NCc1ccc(CN(C)C(=O)OC(C)(C)C)cc1)NCc1ncnn1C. The molecule has 0 aliphatic rings. The molecule has 1 amide bonds. The lowest BCUT2D eigenvalue weighted by atomic mass is 10.1.